The van der Waals surface area contributed by atoms with Crippen LogP contribution in [0.5, 0.6) is 0 Å². The van der Waals surface area contributed by atoms with Crippen LogP contribution in [0.2, 0.25) is 0 Å². The van der Waals surface area contributed by atoms with Crippen LogP contribution in [0.4, 0.5) is 4.79 Å². The van der Waals surface area contributed by atoms with E-state index in [0.717, 1.165) is 19.3 Å². The second kappa shape index (κ2) is 11.5. The first kappa shape index (κ1) is 25.1. The van der Waals surface area contributed by atoms with Gasteiger partial charge in [0.2, 0.25) is 10.0 Å². The molecule has 31 heavy (non-hydrogen) atoms. The summed E-state index contributed by atoms with van der Waals surface area (Å²) in [6, 6.07) is 5.72. The first-order chi connectivity index (χ1) is 14.6. The third-order valence-corrected chi connectivity index (χ3v) is 7.36. The summed E-state index contributed by atoms with van der Waals surface area (Å²) in [5, 5.41) is 5.58. The maximum Gasteiger partial charge on any atom is 0.407 e. The maximum absolute atomic E-state index is 12.9. The molecule has 1 aromatic rings. The zero-order valence-corrected chi connectivity index (χ0v) is 19.7. The molecule has 0 aliphatic carbocycles. The summed E-state index contributed by atoms with van der Waals surface area (Å²) >= 11 is 0. The van der Waals surface area contributed by atoms with Crippen LogP contribution in [0, 0.1) is 5.92 Å². The first-order valence-corrected chi connectivity index (χ1v) is 12.4. The molecule has 2 atom stereocenters. The minimum Gasteiger partial charge on any atom is -0.450 e. The number of ether oxygens (including phenoxy) is 1. The lowest BCUT2D eigenvalue weighted by atomic mass is 10.0. The van der Waals surface area contributed by atoms with Gasteiger partial charge < -0.3 is 15.4 Å². The molecule has 2 unspecified atom stereocenters. The highest BCUT2D eigenvalue weighted by atomic mass is 32.2. The van der Waals surface area contributed by atoms with Gasteiger partial charge in [-0.2, -0.15) is 4.31 Å². The molecule has 174 valence electrons. The first-order valence-electron chi connectivity index (χ1n) is 11.0. The van der Waals surface area contributed by atoms with E-state index in [9.17, 15) is 18.0 Å². The molecule has 1 aromatic carbocycles. The Bertz CT molecular complexity index is 839. The molecule has 0 radical (unpaired) electrons. The molecule has 1 fully saturated rings. The summed E-state index contributed by atoms with van der Waals surface area (Å²) in [4.78, 5) is 24.5. The lowest BCUT2D eigenvalue weighted by molar-refractivity contribution is 0.0944. The molecule has 9 heteroatoms. The molecule has 0 spiro atoms. The predicted octanol–water partition coefficient (Wildman–Crippen LogP) is 3.14. The van der Waals surface area contributed by atoms with E-state index in [-0.39, 0.29) is 36.0 Å². The van der Waals surface area contributed by atoms with Crippen molar-refractivity contribution in [1.82, 2.24) is 14.9 Å². The van der Waals surface area contributed by atoms with Crippen LogP contribution < -0.4 is 10.6 Å². The van der Waals surface area contributed by atoms with Crippen LogP contribution in [0.1, 0.15) is 63.7 Å². The van der Waals surface area contributed by atoms with E-state index in [1.807, 2.05) is 20.8 Å². The number of nitrogens with zero attached hydrogens (tertiary/aromatic N) is 1. The molecule has 8 nitrogen and oxygen atoms in total. The normalized spacial score (nSPS) is 18.4. The van der Waals surface area contributed by atoms with E-state index in [1.165, 1.54) is 24.3 Å². The highest BCUT2D eigenvalue weighted by molar-refractivity contribution is 7.89. The van der Waals surface area contributed by atoms with Crippen molar-refractivity contribution in [1.29, 1.82) is 0 Å². The van der Waals surface area contributed by atoms with Crippen molar-refractivity contribution in [3.63, 3.8) is 0 Å². The fourth-order valence-corrected chi connectivity index (χ4v) is 5.46. The van der Waals surface area contributed by atoms with Crippen molar-refractivity contribution < 1.29 is 22.7 Å². The Morgan fingerprint density at radius 2 is 1.87 bits per heavy atom. The van der Waals surface area contributed by atoms with E-state index in [1.54, 1.807) is 11.2 Å². The van der Waals surface area contributed by atoms with E-state index in [4.69, 9.17) is 4.74 Å². The highest BCUT2D eigenvalue weighted by Crippen LogP contribution is 2.25. The van der Waals surface area contributed by atoms with Gasteiger partial charge in [0, 0.05) is 30.7 Å². The second-order valence-electron chi connectivity index (χ2n) is 8.39. The second-order valence-corrected chi connectivity index (χ2v) is 10.3. The number of benzene rings is 1. The Kier molecular flexibility index (Phi) is 9.31. The van der Waals surface area contributed by atoms with E-state index >= 15 is 0 Å². The molecule has 0 saturated carbocycles. The number of carbonyl (C=O) groups excluding carboxylic acids is 2. The zero-order chi connectivity index (χ0) is 23.0. The molecule has 2 amide bonds. The zero-order valence-electron chi connectivity index (χ0n) is 18.9. The van der Waals surface area contributed by atoms with Crippen molar-refractivity contribution in [2.75, 3.05) is 19.7 Å². The molecular weight excluding hydrogens is 418 g/mol. The number of rotatable bonds is 9. The van der Waals surface area contributed by atoms with Gasteiger partial charge in [0.05, 0.1) is 11.5 Å². The average Bonchev–Trinajstić information content (AvgIpc) is 2.72. The molecule has 0 aromatic heterocycles. The Hall–Kier alpha value is -2.13. The molecule has 0 bridgehead atoms. The smallest absolute Gasteiger partial charge is 0.407 e. The average molecular weight is 454 g/mol. The lowest BCUT2D eigenvalue weighted by Gasteiger charge is -2.32. The van der Waals surface area contributed by atoms with Crippen LogP contribution >= 0.6 is 0 Å². The van der Waals surface area contributed by atoms with Gasteiger partial charge in [0.1, 0.15) is 0 Å². The molecule has 1 aliphatic heterocycles. The molecule has 2 rings (SSSR count). The van der Waals surface area contributed by atoms with Crippen LogP contribution in [0.25, 0.3) is 0 Å². The van der Waals surface area contributed by atoms with Crippen molar-refractivity contribution in [2.45, 2.75) is 70.4 Å². The van der Waals surface area contributed by atoms with Crippen LogP contribution in [0.3, 0.4) is 0 Å². The van der Waals surface area contributed by atoms with Crippen LogP contribution in [-0.2, 0) is 14.8 Å². The van der Waals surface area contributed by atoms with Crippen molar-refractivity contribution in [3.05, 3.63) is 29.8 Å². The van der Waals surface area contributed by atoms with E-state index < -0.39 is 16.1 Å². The predicted molar refractivity (Wildman–Crippen MR) is 119 cm³/mol. The van der Waals surface area contributed by atoms with Crippen LogP contribution in [0.15, 0.2) is 29.2 Å². The van der Waals surface area contributed by atoms with E-state index in [0.29, 0.717) is 24.4 Å². The van der Waals surface area contributed by atoms with Crippen molar-refractivity contribution >= 4 is 22.0 Å². The summed E-state index contributed by atoms with van der Waals surface area (Å²) in [5.41, 5.74) is 0.366. The number of hydrogen-bond donors (Lipinski definition) is 2. The largest absolute Gasteiger partial charge is 0.450 e. The van der Waals surface area contributed by atoms with Crippen molar-refractivity contribution in [2.24, 2.45) is 5.92 Å². The number of nitrogens with one attached hydrogen (secondary N) is 2. The number of hydrogen-bond acceptors (Lipinski definition) is 5. The fraction of sp³-hybridized carbons (Fsp3) is 0.636. The molecule has 1 saturated heterocycles. The third-order valence-electron chi connectivity index (χ3n) is 5.33. The number of alkyl carbamates (subject to hydrolysis) is 1. The Balaban J connectivity index is 2.01. The van der Waals surface area contributed by atoms with Gasteiger partial charge in [-0.25, -0.2) is 13.2 Å². The summed E-state index contributed by atoms with van der Waals surface area (Å²) in [6.45, 7) is 8.77. The van der Waals surface area contributed by atoms with Gasteiger partial charge in [-0.1, -0.05) is 20.3 Å². The number of sulfonamides is 1. The number of carbonyl (C=O) groups is 2. The van der Waals surface area contributed by atoms with Gasteiger partial charge in [-0.3, -0.25) is 4.79 Å². The topological polar surface area (TPSA) is 105 Å². The Morgan fingerprint density at radius 3 is 2.45 bits per heavy atom. The van der Waals surface area contributed by atoms with Gasteiger partial charge >= 0.3 is 6.09 Å². The Morgan fingerprint density at radius 1 is 1.19 bits per heavy atom. The minimum absolute atomic E-state index is 0.0217. The molecule has 1 heterocycles. The van der Waals surface area contributed by atoms with Gasteiger partial charge in [0.15, 0.2) is 0 Å². The minimum atomic E-state index is -3.57. The highest BCUT2D eigenvalue weighted by Gasteiger charge is 2.31. The van der Waals surface area contributed by atoms with E-state index in [2.05, 4.69) is 10.6 Å². The van der Waals surface area contributed by atoms with Gasteiger partial charge in [-0.15, -0.1) is 0 Å². The standard InChI is InChI=1S/C22H35N3O5S/c1-5-30-22(27)24-19(14-16(2)3)15-23-21(26)18-9-11-20(12-10-18)31(28,29)25-13-7-6-8-17(25)4/h9-12,16-17,19H,5-8,13-15H2,1-4H3,(H,23,26)(H,24,27). The molecule has 2 N–H and O–H groups in total. The van der Waals surface area contributed by atoms with Gasteiger partial charge in [-0.05, 0) is 63.3 Å². The Labute approximate surface area is 185 Å². The molecular formula is C22H35N3O5S. The number of piperidine rings is 1. The quantitative estimate of drug-likeness (QED) is 0.598. The van der Waals surface area contributed by atoms with Gasteiger partial charge in [0.25, 0.3) is 5.91 Å². The van der Waals surface area contributed by atoms with Crippen molar-refractivity contribution in [3.8, 4) is 0 Å². The number of amides is 2. The van der Waals surface area contributed by atoms with Crippen LogP contribution in [-0.4, -0.2) is 56.5 Å². The monoisotopic (exact) mass is 453 g/mol. The fourth-order valence-electron chi connectivity index (χ4n) is 3.76. The summed E-state index contributed by atoms with van der Waals surface area (Å²) in [6.07, 6.45) is 2.93. The molecule has 1 aliphatic rings. The summed E-state index contributed by atoms with van der Waals surface area (Å²) < 4.78 is 32.3. The maximum atomic E-state index is 12.9. The summed E-state index contributed by atoms with van der Waals surface area (Å²) in [7, 11) is -3.57. The summed E-state index contributed by atoms with van der Waals surface area (Å²) in [5.74, 6) is 0.000186. The third kappa shape index (κ3) is 7.21. The lowest BCUT2D eigenvalue weighted by Crippen LogP contribution is -2.44. The SMILES string of the molecule is CCOC(=O)NC(CNC(=O)c1ccc(S(=O)(=O)N2CCCCC2C)cc1)CC(C)C.